The zero-order valence-electron chi connectivity index (χ0n) is 12.5. The molecule has 1 aliphatic heterocycles. The van der Waals surface area contributed by atoms with Gasteiger partial charge in [0, 0.05) is 11.1 Å². The van der Waals surface area contributed by atoms with Crippen LogP contribution in [0.3, 0.4) is 0 Å². The molecule has 3 rings (SSSR count). The predicted molar refractivity (Wildman–Crippen MR) is 90.2 cm³/mol. The summed E-state index contributed by atoms with van der Waals surface area (Å²) in [6, 6.07) is 8.06. The normalized spacial score (nSPS) is 17.3. The lowest BCUT2D eigenvalue weighted by molar-refractivity contribution is -0.115. The van der Waals surface area contributed by atoms with Crippen LogP contribution in [0.15, 0.2) is 46.3 Å². The summed E-state index contributed by atoms with van der Waals surface area (Å²) in [5.41, 5.74) is 1.45. The van der Waals surface area contributed by atoms with Gasteiger partial charge in [-0.2, -0.15) is 0 Å². The second-order valence-electron chi connectivity index (χ2n) is 5.23. The molecule has 0 spiro atoms. The van der Waals surface area contributed by atoms with Crippen LogP contribution in [0, 0.1) is 6.92 Å². The Morgan fingerprint density at radius 3 is 2.74 bits per heavy atom. The van der Waals surface area contributed by atoms with E-state index < -0.39 is 10.0 Å². The van der Waals surface area contributed by atoms with Crippen LogP contribution in [0.1, 0.15) is 12.5 Å². The van der Waals surface area contributed by atoms with Crippen molar-refractivity contribution in [1.29, 1.82) is 0 Å². The molecule has 0 saturated heterocycles. The number of hydrogen-bond donors (Lipinski definition) is 2. The Hall–Kier alpha value is -2.06. The summed E-state index contributed by atoms with van der Waals surface area (Å²) in [4.78, 5) is 16.7. The van der Waals surface area contributed by atoms with E-state index in [4.69, 9.17) is 0 Å². The molecule has 1 aliphatic rings. The molecule has 1 unspecified atom stereocenters. The maximum atomic E-state index is 12.4. The number of sulfonamides is 1. The lowest BCUT2D eigenvalue weighted by Gasteiger charge is -2.21. The molecule has 0 radical (unpaired) electrons. The van der Waals surface area contributed by atoms with Crippen molar-refractivity contribution in [3.8, 4) is 0 Å². The number of benzene rings is 1. The second kappa shape index (κ2) is 5.86. The topological polar surface area (TPSA) is 88.2 Å². The highest BCUT2D eigenvalue weighted by Crippen LogP contribution is 2.36. The number of aromatic nitrogens is 1. The maximum Gasteiger partial charge on any atom is 0.263 e. The number of nitrogens with one attached hydrogen (secondary N) is 2. The molecule has 0 fully saturated rings. The van der Waals surface area contributed by atoms with Crippen LogP contribution in [0.2, 0.25) is 0 Å². The van der Waals surface area contributed by atoms with Gasteiger partial charge in [-0.3, -0.25) is 9.52 Å². The van der Waals surface area contributed by atoms with Crippen LogP contribution in [-0.4, -0.2) is 24.6 Å². The van der Waals surface area contributed by atoms with Crippen molar-refractivity contribution in [2.45, 2.75) is 28.9 Å². The number of hydrogen-bond acceptors (Lipinski definition) is 5. The SMILES string of the molecule is Cc1ccc(NS(=O)(=O)c2ccc3c(c2)NC(=O)C(C)S3)nc1. The van der Waals surface area contributed by atoms with Gasteiger partial charge < -0.3 is 5.32 Å². The van der Waals surface area contributed by atoms with Crippen LogP contribution >= 0.6 is 11.8 Å². The highest BCUT2D eigenvalue weighted by Gasteiger charge is 2.25. The largest absolute Gasteiger partial charge is 0.324 e. The van der Waals surface area contributed by atoms with Gasteiger partial charge in [0.15, 0.2) is 0 Å². The molecule has 2 heterocycles. The number of pyridine rings is 1. The molecule has 23 heavy (non-hydrogen) atoms. The first-order chi connectivity index (χ1) is 10.8. The Kier molecular flexibility index (Phi) is 4.03. The summed E-state index contributed by atoms with van der Waals surface area (Å²) in [5, 5.41) is 2.53. The first kappa shape index (κ1) is 15.8. The highest BCUT2D eigenvalue weighted by atomic mass is 32.2. The number of fused-ring (bicyclic) bond motifs is 1. The molecule has 6 nitrogen and oxygen atoms in total. The second-order valence-corrected chi connectivity index (χ2v) is 8.30. The minimum absolute atomic E-state index is 0.0779. The Morgan fingerprint density at radius 1 is 1.26 bits per heavy atom. The number of anilines is 2. The molecule has 120 valence electrons. The lowest BCUT2D eigenvalue weighted by atomic mass is 10.3. The minimum atomic E-state index is -3.76. The molecule has 0 aliphatic carbocycles. The molecule has 0 bridgehead atoms. The number of thioether (sulfide) groups is 1. The molecular formula is C15H15N3O3S2. The fraction of sp³-hybridized carbons (Fsp3) is 0.200. The van der Waals surface area contributed by atoms with Crippen LogP contribution in [0.5, 0.6) is 0 Å². The average Bonchev–Trinajstić information content (AvgIpc) is 2.50. The van der Waals surface area contributed by atoms with Gasteiger partial charge in [-0.1, -0.05) is 6.07 Å². The van der Waals surface area contributed by atoms with Crippen molar-refractivity contribution < 1.29 is 13.2 Å². The van der Waals surface area contributed by atoms with Crippen molar-refractivity contribution in [3.63, 3.8) is 0 Å². The van der Waals surface area contributed by atoms with E-state index in [2.05, 4.69) is 15.0 Å². The van der Waals surface area contributed by atoms with Crippen LogP contribution < -0.4 is 10.0 Å². The van der Waals surface area contributed by atoms with Crippen molar-refractivity contribution >= 4 is 39.2 Å². The fourth-order valence-corrected chi connectivity index (χ4v) is 4.04. The predicted octanol–water partition coefficient (Wildman–Crippen LogP) is 2.62. The molecule has 1 aromatic heterocycles. The molecule has 8 heteroatoms. The van der Waals surface area contributed by atoms with Crippen LogP contribution in [-0.2, 0) is 14.8 Å². The van der Waals surface area contributed by atoms with E-state index in [0.29, 0.717) is 5.69 Å². The summed E-state index contributed by atoms with van der Waals surface area (Å²) in [5.74, 6) is 0.116. The van der Waals surface area contributed by atoms with Gasteiger partial charge in [-0.25, -0.2) is 13.4 Å². The standard InChI is InChI=1S/C15H15N3O3S2/c1-9-3-6-14(16-8-9)18-23(20,21)11-4-5-13-12(7-11)17-15(19)10(2)22-13/h3-8,10H,1-2H3,(H,16,18)(H,17,19). The monoisotopic (exact) mass is 349 g/mol. The summed E-state index contributed by atoms with van der Waals surface area (Å²) in [6.07, 6.45) is 1.59. The van der Waals surface area contributed by atoms with E-state index in [-0.39, 0.29) is 21.9 Å². The van der Waals surface area contributed by atoms with E-state index in [9.17, 15) is 13.2 Å². The number of carbonyl (C=O) groups is 1. The van der Waals surface area contributed by atoms with Gasteiger partial charge in [0.25, 0.3) is 10.0 Å². The van der Waals surface area contributed by atoms with Crippen LogP contribution in [0.25, 0.3) is 0 Å². The van der Waals surface area contributed by atoms with E-state index in [1.807, 2.05) is 6.92 Å². The molecular weight excluding hydrogens is 334 g/mol. The van der Waals surface area contributed by atoms with Gasteiger partial charge in [0.05, 0.1) is 15.8 Å². The quantitative estimate of drug-likeness (QED) is 0.889. The van der Waals surface area contributed by atoms with Crippen molar-refractivity contribution in [2.24, 2.45) is 0 Å². The number of rotatable bonds is 3. The van der Waals surface area contributed by atoms with E-state index in [1.165, 1.54) is 23.9 Å². The third-order valence-electron chi connectivity index (χ3n) is 3.34. The Bertz CT molecular complexity index is 864. The van der Waals surface area contributed by atoms with Crippen molar-refractivity contribution in [1.82, 2.24) is 4.98 Å². The van der Waals surface area contributed by atoms with Gasteiger partial charge >= 0.3 is 0 Å². The third kappa shape index (κ3) is 3.32. The van der Waals surface area contributed by atoms with E-state index in [0.717, 1.165) is 10.5 Å². The van der Waals surface area contributed by atoms with Crippen molar-refractivity contribution in [3.05, 3.63) is 42.1 Å². The number of aryl methyl sites for hydroxylation is 1. The molecule has 0 saturated carbocycles. The smallest absolute Gasteiger partial charge is 0.263 e. The van der Waals surface area contributed by atoms with Crippen LogP contribution in [0.4, 0.5) is 11.5 Å². The number of nitrogens with zero attached hydrogens (tertiary/aromatic N) is 1. The molecule has 1 atom stereocenters. The van der Waals surface area contributed by atoms with Crippen molar-refractivity contribution in [2.75, 3.05) is 10.0 Å². The minimum Gasteiger partial charge on any atom is -0.324 e. The Balaban J connectivity index is 1.90. The van der Waals surface area contributed by atoms with Gasteiger partial charge in [-0.05, 0) is 43.7 Å². The summed E-state index contributed by atoms with van der Waals surface area (Å²) in [6.45, 7) is 3.67. The molecule has 2 aromatic rings. The first-order valence-electron chi connectivity index (χ1n) is 6.92. The summed E-state index contributed by atoms with van der Waals surface area (Å²) >= 11 is 1.41. The summed E-state index contributed by atoms with van der Waals surface area (Å²) in [7, 11) is -3.76. The zero-order valence-corrected chi connectivity index (χ0v) is 14.2. The molecule has 1 aromatic carbocycles. The molecule has 2 N–H and O–H groups in total. The number of carbonyl (C=O) groups excluding carboxylic acids is 1. The fourth-order valence-electron chi connectivity index (χ4n) is 2.08. The van der Waals surface area contributed by atoms with E-state index in [1.54, 1.807) is 31.3 Å². The van der Waals surface area contributed by atoms with E-state index >= 15 is 0 Å². The molecule has 1 amide bonds. The van der Waals surface area contributed by atoms with Gasteiger partial charge in [-0.15, -0.1) is 11.8 Å². The Labute approximate surface area is 138 Å². The lowest BCUT2D eigenvalue weighted by Crippen LogP contribution is -2.26. The van der Waals surface area contributed by atoms with Gasteiger partial charge in [0.1, 0.15) is 5.82 Å². The summed E-state index contributed by atoms with van der Waals surface area (Å²) < 4.78 is 27.3. The van der Waals surface area contributed by atoms with Gasteiger partial charge in [0.2, 0.25) is 5.91 Å². The zero-order chi connectivity index (χ0) is 16.6. The Morgan fingerprint density at radius 2 is 2.04 bits per heavy atom. The maximum absolute atomic E-state index is 12.4. The number of amides is 1. The average molecular weight is 349 g/mol. The third-order valence-corrected chi connectivity index (χ3v) is 5.87. The highest BCUT2D eigenvalue weighted by molar-refractivity contribution is 8.01. The first-order valence-corrected chi connectivity index (χ1v) is 9.28.